The van der Waals surface area contributed by atoms with Crippen LogP contribution >= 0.6 is 15.9 Å². The second-order valence-corrected chi connectivity index (χ2v) is 6.72. The average Bonchev–Trinajstić information content (AvgIpc) is 2.45. The van der Waals surface area contributed by atoms with Crippen LogP contribution in [0.1, 0.15) is 37.0 Å². The van der Waals surface area contributed by atoms with E-state index in [2.05, 4.69) is 21.2 Å². The Bertz CT molecular complexity index is 501. The lowest BCUT2D eigenvalue weighted by Crippen LogP contribution is -2.43. The molecule has 3 nitrogen and oxygen atoms in total. The van der Waals surface area contributed by atoms with Crippen molar-refractivity contribution >= 4 is 21.8 Å². The molecule has 1 aliphatic heterocycles. The van der Waals surface area contributed by atoms with Gasteiger partial charge in [0, 0.05) is 17.1 Å². The number of halogens is 2. The Morgan fingerprint density at radius 3 is 2.67 bits per heavy atom. The highest BCUT2D eigenvalue weighted by Gasteiger charge is 2.25. The summed E-state index contributed by atoms with van der Waals surface area (Å²) in [7, 11) is 0. The van der Waals surface area contributed by atoms with Gasteiger partial charge in [0.2, 0.25) is 0 Å². The van der Waals surface area contributed by atoms with E-state index in [-0.39, 0.29) is 17.8 Å². The summed E-state index contributed by atoms with van der Waals surface area (Å²) in [4.78, 5) is 14.6. The number of carbonyl (C=O) groups excluding carboxylic acids is 1. The fourth-order valence-electron chi connectivity index (χ4n) is 2.69. The van der Waals surface area contributed by atoms with E-state index in [1.165, 1.54) is 12.1 Å². The number of amides is 1. The third-order valence-electron chi connectivity index (χ3n) is 3.96. The van der Waals surface area contributed by atoms with Gasteiger partial charge in [0.1, 0.15) is 5.82 Å². The first kappa shape index (κ1) is 16.4. The van der Waals surface area contributed by atoms with Crippen LogP contribution in [0.25, 0.3) is 0 Å². The fourth-order valence-corrected chi connectivity index (χ4v) is 3.21. The topological polar surface area (TPSA) is 32.3 Å². The highest BCUT2D eigenvalue weighted by atomic mass is 79.9. The van der Waals surface area contributed by atoms with E-state index in [0.717, 1.165) is 32.5 Å². The number of benzene rings is 1. The molecule has 0 bridgehead atoms. The number of hydrogen-bond donors (Lipinski definition) is 1. The zero-order chi connectivity index (χ0) is 15.4. The maximum Gasteiger partial charge on any atom is 0.255 e. The molecule has 1 aromatic carbocycles. The summed E-state index contributed by atoms with van der Waals surface area (Å²) in [6, 6.07) is 4.36. The number of hydrogen-bond acceptors (Lipinski definition) is 2. The maximum absolute atomic E-state index is 13.2. The van der Waals surface area contributed by atoms with Crippen LogP contribution in [0.2, 0.25) is 0 Å². The zero-order valence-electron chi connectivity index (χ0n) is 12.5. The normalized spacial score (nSPS) is 16.2. The van der Waals surface area contributed by atoms with E-state index in [9.17, 15) is 9.18 Å². The van der Waals surface area contributed by atoms with Crippen LogP contribution < -0.4 is 5.32 Å². The summed E-state index contributed by atoms with van der Waals surface area (Å²) in [5.74, 6) is 0.167. The van der Waals surface area contributed by atoms with Crippen molar-refractivity contribution in [3.8, 4) is 0 Å². The van der Waals surface area contributed by atoms with E-state index >= 15 is 0 Å². The molecule has 1 aromatic rings. The first-order valence-electron chi connectivity index (χ1n) is 7.45. The second kappa shape index (κ2) is 7.36. The molecule has 5 heteroatoms. The Hall–Kier alpha value is -0.940. The molecule has 0 atom stereocenters. The van der Waals surface area contributed by atoms with E-state index in [0.29, 0.717) is 16.0 Å². The summed E-state index contributed by atoms with van der Waals surface area (Å²) >= 11 is 3.29. The van der Waals surface area contributed by atoms with E-state index in [1.54, 1.807) is 6.07 Å². The fraction of sp³-hybridized carbons (Fsp3) is 0.562. The third-order valence-corrected chi connectivity index (χ3v) is 4.62. The summed E-state index contributed by atoms with van der Waals surface area (Å²) < 4.78 is 13.7. The molecule has 0 aromatic heterocycles. The Kier molecular flexibility index (Phi) is 5.76. The van der Waals surface area contributed by atoms with Gasteiger partial charge in [0.25, 0.3) is 5.91 Å². The lowest BCUT2D eigenvalue weighted by molar-refractivity contribution is 0.0657. The predicted octanol–water partition coefficient (Wildman–Crippen LogP) is 3.44. The molecular formula is C16H22BrFN2O. The molecule has 0 unspecified atom stereocenters. The van der Waals surface area contributed by atoms with E-state index < -0.39 is 0 Å². The molecule has 1 saturated heterocycles. The smallest absolute Gasteiger partial charge is 0.255 e. The van der Waals surface area contributed by atoms with Gasteiger partial charge < -0.3 is 10.2 Å². The minimum absolute atomic E-state index is 0.0320. The van der Waals surface area contributed by atoms with Gasteiger partial charge in [-0.25, -0.2) is 4.39 Å². The summed E-state index contributed by atoms with van der Waals surface area (Å²) in [5.41, 5.74) is 0.527. The standard InChI is InChI=1S/C16H22BrFN2O/c1-11(2)20(10-12-5-7-19-8-6-12)16(21)14-4-3-13(18)9-15(14)17/h3-4,9,11-12,19H,5-8,10H2,1-2H3. The first-order valence-corrected chi connectivity index (χ1v) is 8.25. The van der Waals surface area contributed by atoms with Crippen molar-refractivity contribution in [3.05, 3.63) is 34.1 Å². The SMILES string of the molecule is CC(C)N(CC1CCNCC1)C(=O)c1ccc(F)cc1Br. The monoisotopic (exact) mass is 356 g/mol. The van der Waals surface area contributed by atoms with Crippen molar-refractivity contribution in [1.29, 1.82) is 0 Å². The molecule has 1 N–H and O–H groups in total. The molecule has 1 fully saturated rings. The van der Waals surface area contributed by atoms with Gasteiger partial charge in [-0.05, 0) is 79.8 Å². The molecule has 116 valence electrons. The number of nitrogens with zero attached hydrogens (tertiary/aromatic N) is 1. The second-order valence-electron chi connectivity index (χ2n) is 5.87. The lowest BCUT2D eigenvalue weighted by Gasteiger charge is -2.33. The average molecular weight is 357 g/mol. The number of rotatable bonds is 4. The van der Waals surface area contributed by atoms with Gasteiger partial charge in [-0.2, -0.15) is 0 Å². The van der Waals surface area contributed by atoms with Crippen LogP contribution in [0, 0.1) is 11.7 Å². The Labute approximate surface area is 134 Å². The van der Waals surface area contributed by atoms with Gasteiger partial charge in [-0.3, -0.25) is 4.79 Å². The molecule has 0 radical (unpaired) electrons. The van der Waals surface area contributed by atoms with Crippen molar-refractivity contribution in [2.75, 3.05) is 19.6 Å². The summed E-state index contributed by atoms with van der Waals surface area (Å²) in [6.07, 6.45) is 2.20. The summed E-state index contributed by atoms with van der Waals surface area (Å²) in [6.45, 7) is 6.85. The Balaban J connectivity index is 2.14. The van der Waals surface area contributed by atoms with Crippen molar-refractivity contribution in [2.45, 2.75) is 32.7 Å². The molecule has 1 aliphatic rings. The van der Waals surface area contributed by atoms with Crippen molar-refractivity contribution in [2.24, 2.45) is 5.92 Å². The Morgan fingerprint density at radius 1 is 1.43 bits per heavy atom. The van der Waals surface area contributed by atoms with E-state index in [1.807, 2.05) is 18.7 Å². The van der Waals surface area contributed by atoms with Gasteiger partial charge in [-0.15, -0.1) is 0 Å². The molecule has 1 heterocycles. The predicted molar refractivity (Wildman–Crippen MR) is 85.9 cm³/mol. The van der Waals surface area contributed by atoms with Crippen LogP contribution in [0.3, 0.4) is 0 Å². The van der Waals surface area contributed by atoms with Gasteiger partial charge in [0.05, 0.1) is 5.56 Å². The van der Waals surface area contributed by atoms with Crippen LogP contribution in [-0.2, 0) is 0 Å². The molecular weight excluding hydrogens is 335 g/mol. The highest BCUT2D eigenvalue weighted by molar-refractivity contribution is 9.10. The lowest BCUT2D eigenvalue weighted by atomic mass is 9.96. The van der Waals surface area contributed by atoms with Crippen LogP contribution in [-0.4, -0.2) is 36.5 Å². The van der Waals surface area contributed by atoms with Crippen LogP contribution in [0.4, 0.5) is 4.39 Å². The van der Waals surface area contributed by atoms with Crippen LogP contribution in [0.5, 0.6) is 0 Å². The molecule has 0 saturated carbocycles. The largest absolute Gasteiger partial charge is 0.336 e. The molecule has 0 spiro atoms. The number of carbonyl (C=O) groups is 1. The quantitative estimate of drug-likeness (QED) is 0.895. The number of piperidine rings is 1. The van der Waals surface area contributed by atoms with Crippen molar-refractivity contribution in [1.82, 2.24) is 10.2 Å². The van der Waals surface area contributed by atoms with Gasteiger partial charge in [0.15, 0.2) is 0 Å². The third kappa shape index (κ3) is 4.27. The molecule has 2 rings (SSSR count). The molecule has 1 amide bonds. The van der Waals surface area contributed by atoms with E-state index in [4.69, 9.17) is 0 Å². The van der Waals surface area contributed by atoms with Crippen LogP contribution in [0.15, 0.2) is 22.7 Å². The van der Waals surface area contributed by atoms with Crippen molar-refractivity contribution in [3.63, 3.8) is 0 Å². The summed E-state index contributed by atoms with van der Waals surface area (Å²) in [5, 5.41) is 3.34. The molecule has 0 aliphatic carbocycles. The minimum atomic E-state index is -0.340. The highest BCUT2D eigenvalue weighted by Crippen LogP contribution is 2.23. The maximum atomic E-state index is 13.2. The minimum Gasteiger partial charge on any atom is -0.336 e. The first-order chi connectivity index (χ1) is 9.99. The van der Waals surface area contributed by atoms with Crippen molar-refractivity contribution < 1.29 is 9.18 Å². The van der Waals surface area contributed by atoms with Gasteiger partial charge >= 0.3 is 0 Å². The van der Waals surface area contributed by atoms with Gasteiger partial charge in [-0.1, -0.05) is 0 Å². The zero-order valence-corrected chi connectivity index (χ0v) is 14.1. The molecule has 21 heavy (non-hydrogen) atoms. The number of nitrogens with one attached hydrogen (secondary N) is 1. The Morgan fingerprint density at radius 2 is 2.10 bits per heavy atom.